The number of thiophene rings is 1. The van der Waals surface area contributed by atoms with Gasteiger partial charge in [-0.15, -0.1) is 11.3 Å². The van der Waals surface area contributed by atoms with Crippen LogP contribution in [0.2, 0.25) is 0 Å². The van der Waals surface area contributed by atoms with Crippen LogP contribution in [-0.2, 0) is 0 Å². The second kappa shape index (κ2) is 6.04. The molecule has 3 heterocycles. The predicted octanol–water partition coefficient (Wildman–Crippen LogP) is 3.17. The number of carbonyl (C=O) groups excluding carboxylic acids is 1. The maximum Gasteiger partial charge on any atom is 0.264 e. The largest absolute Gasteiger partial charge is 0.373 e. The van der Waals surface area contributed by atoms with E-state index in [4.69, 9.17) is 0 Å². The minimum atomic E-state index is 0.0451. The van der Waals surface area contributed by atoms with Gasteiger partial charge in [0, 0.05) is 19.7 Å². The molecule has 2 aromatic heterocycles. The monoisotopic (exact) mass is 316 g/mol. The molecule has 0 saturated carbocycles. The van der Waals surface area contributed by atoms with Crippen molar-refractivity contribution in [3.63, 3.8) is 0 Å². The summed E-state index contributed by atoms with van der Waals surface area (Å²) in [6.07, 6.45) is 1.97. The number of anilines is 1. The molecule has 1 atom stereocenters. The van der Waals surface area contributed by atoms with E-state index < -0.39 is 0 Å². The van der Waals surface area contributed by atoms with Crippen LogP contribution in [-0.4, -0.2) is 34.4 Å². The normalized spacial score (nSPS) is 17.8. The first-order valence-corrected chi connectivity index (χ1v) is 8.36. The van der Waals surface area contributed by atoms with Crippen molar-refractivity contribution >= 4 is 23.1 Å². The minimum Gasteiger partial charge on any atom is -0.373 e. The molecule has 1 amide bonds. The Kier molecular flexibility index (Phi) is 4.11. The summed E-state index contributed by atoms with van der Waals surface area (Å²) in [6, 6.07) is 3.96. The maximum atomic E-state index is 12.8. The van der Waals surface area contributed by atoms with Crippen molar-refractivity contribution in [1.29, 1.82) is 0 Å². The summed E-state index contributed by atoms with van der Waals surface area (Å²) in [5.74, 6) is 1.64. The molecule has 0 radical (unpaired) electrons. The zero-order valence-electron chi connectivity index (χ0n) is 13.1. The van der Waals surface area contributed by atoms with Crippen LogP contribution in [0.5, 0.6) is 0 Å². The molecular weight excluding hydrogens is 296 g/mol. The Labute approximate surface area is 134 Å². The summed E-state index contributed by atoms with van der Waals surface area (Å²) in [4.78, 5) is 24.4. The lowest BCUT2D eigenvalue weighted by atomic mass is 10.1. The van der Waals surface area contributed by atoms with E-state index in [1.165, 1.54) is 11.3 Å². The number of carbonyl (C=O) groups is 1. The summed E-state index contributed by atoms with van der Waals surface area (Å²) in [5, 5.41) is 5.08. The van der Waals surface area contributed by atoms with Crippen molar-refractivity contribution in [3.05, 3.63) is 39.5 Å². The molecule has 2 aromatic rings. The fourth-order valence-corrected chi connectivity index (χ4v) is 3.74. The van der Waals surface area contributed by atoms with Crippen LogP contribution >= 0.6 is 11.3 Å². The lowest BCUT2D eigenvalue weighted by molar-refractivity contribution is 0.0737. The van der Waals surface area contributed by atoms with Gasteiger partial charge in [-0.2, -0.15) is 0 Å². The number of likely N-dealkylation sites (tertiary alicyclic amines) is 1. The molecule has 1 fully saturated rings. The highest BCUT2D eigenvalue weighted by Crippen LogP contribution is 2.33. The quantitative estimate of drug-likeness (QED) is 0.945. The molecule has 1 aliphatic heterocycles. The van der Waals surface area contributed by atoms with Crippen molar-refractivity contribution < 1.29 is 4.79 Å². The number of hydrogen-bond acceptors (Lipinski definition) is 5. The van der Waals surface area contributed by atoms with Crippen LogP contribution in [0, 0.1) is 13.8 Å². The molecular formula is C16H20N4OS. The van der Waals surface area contributed by atoms with E-state index in [1.54, 1.807) is 0 Å². The number of aromatic nitrogens is 2. The predicted molar refractivity (Wildman–Crippen MR) is 88.4 cm³/mol. The first-order chi connectivity index (χ1) is 10.6. The molecule has 0 spiro atoms. The smallest absolute Gasteiger partial charge is 0.264 e. The van der Waals surface area contributed by atoms with Crippen molar-refractivity contribution in [3.8, 4) is 0 Å². The summed E-state index contributed by atoms with van der Waals surface area (Å²) in [6.45, 7) is 4.69. The van der Waals surface area contributed by atoms with Gasteiger partial charge in [0.05, 0.1) is 16.6 Å². The number of amides is 1. The van der Waals surface area contributed by atoms with Crippen LogP contribution in [0.4, 0.5) is 5.82 Å². The fourth-order valence-electron chi connectivity index (χ4n) is 2.89. The third-order valence-electron chi connectivity index (χ3n) is 3.91. The van der Waals surface area contributed by atoms with Gasteiger partial charge in [0.25, 0.3) is 5.91 Å². The van der Waals surface area contributed by atoms with E-state index in [0.717, 1.165) is 47.2 Å². The van der Waals surface area contributed by atoms with E-state index in [-0.39, 0.29) is 11.9 Å². The molecule has 116 valence electrons. The molecule has 6 heteroatoms. The summed E-state index contributed by atoms with van der Waals surface area (Å²) >= 11 is 1.52. The minimum absolute atomic E-state index is 0.0451. The molecule has 0 aliphatic carbocycles. The Balaban J connectivity index is 1.90. The molecule has 0 bridgehead atoms. The lowest BCUT2D eigenvalue weighted by Crippen LogP contribution is -2.30. The van der Waals surface area contributed by atoms with E-state index in [9.17, 15) is 4.79 Å². The first kappa shape index (κ1) is 15.0. The summed E-state index contributed by atoms with van der Waals surface area (Å²) < 4.78 is 0. The Hall–Kier alpha value is -1.95. The SMILES string of the molecule is CNc1cc([C@@H]2CCCN2C(=O)c2cc(C)cs2)nc(C)n1. The molecule has 1 aliphatic rings. The van der Waals surface area contributed by atoms with E-state index in [0.29, 0.717) is 0 Å². The maximum absolute atomic E-state index is 12.8. The van der Waals surface area contributed by atoms with E-state index in [2.05, 4.69) is 15.3 Å². The van der Waals surface area contributed by atoms with Crippen molar-refractivity contribution in [2.45, 2.75) is 32.7 Å². The molecule has 3 rings (SSSR count). The topological polar surface area (TPSA) is 58.1 Å². The van der Waals surface area contributed by atoms with Crippen LogP contribution in [0.3, 0.4) is 0 Å². The van der Waals surface area contributed by atoms with Gasteiger partial charge in [-0.3, -0.25) is 4.79 Å². The van der Waals surface area contributed by atoms with Crippen LogP contribution < -0.4 is 5.32 Å². The Bertz CT molecular complexity index is 697. The highest BCUT2D eigenvalue weighted by atomic mass is 32.1. The number of hydrogen-bond donors (Lipinski definition) is 1. The van der Waals surface area contributed by atoms with Gasteiger partial charge in [0.1, 0.15) is 11.6 Å². The highest BCUT2D eigenvalue weighted by molar-refractivity contribution is 7.12. The summed E-state index contributed by atoms with van der Waals surface area (Å²) in [7, 11) is 1.84. The lowest BCUT2D eigenvalue weighted by Gasteiger charge is -2.24. The number of aryl methyl sites for hydroxylation is 2. The fraction of sp³-hybridized carbons (Fsp3) is 0.438. The van der Waals surface area contributed by atoms with Gasteiger partial charge in [0.2, 0.25) is 0 Å². The van der Waals surface area contributed by atoms with Gasteiger partial charge in [-0.1, -0.05) is 0 Å². The Morgan fingerprint density at radius 2 is 2.18 bits per heavy atom. The molecule has 5 nitrogen and oxygen atoms in total. The molecule has 0 unspecified atom stereocenters. The van der Waals surface area contributed by atoms with Crippen LogP contribution in [0.15, 0.2) is 17.5 Å². The van der Waals surface area contributed by atoms with Gasteiger partial charge in [-0.25, -0.2) is 9.97 Å². The summed E-state index contributed by atoms with van der Waals surface area (Å²) in [5.41, 5.74) is 2.07. The number of nitrogens with zero attached hydrogens (tertiary/aromatic N) is 3. The third kappa shape index (κ3) is 2.83. The zero-order valence-corrected chi connectivity index (χ0v) is 13.9. The van der Waals surface area contributed by atoms with Crippen molar-refractivity contribution in [1.82, 2.24) is 14.9 Å². The molecule has 1 N–H and O–H groups in total. The Morgan fingerprint density at radius 3 is 2.86 bits per heavy atom. The third-order valence-corrected chi connectivity index (χ3v) is 4.95. The standard InChI is InChI=1S/C16H20N4OS/c1-10-7-14(22-9-10)16(21)20-6-4-5-13(20)12-8-15(17-3)19-11(2)18-12/h7-9,13H,4-6H2,1-3H3,(H,17,18,19)/t13-/m0/s1. The van der Waals surface area contributed by atoms with Crippen molar-refractivity contribution in [2.24, 2.45) is 0 Å². The molecule has 1 saturated heterocycles. The van der Waals surface area contributed by atoms with Crippen LogP contribution in [0.1, 0.15) is 45.6 Å². The van der Waals surface area contributed by atoms with Gasteiger partial charge in [0.15, 0.2) is 0 Å². The Morgan fingerprint density at radius 1 is 1.36 bits per heavy atom. The average Bonchev–Trinajstić information content (AvgIpc) is 3.14. The average molecular weight is 316 g/mol. The second-order valence-corrected chi connectivity index (χ2v) is 6.53. The van der Waals surface area contributed by atoms with Gasteiger partial charge in [-0.05, 0) is 43.7 Å². The molecule has 0 aromatic carbocycles. The first-order valence-electron chi connectivity index (χ1n) is 7.48. The van der Waals surface area contributed by atoms with Gasteiger partial charge < -0.3 is 10.2 Å². The number of nitrogens with one attached hydrogen (secondary N) is 1. The second-order valence-electron chi connectivity index (χ2n) is 5.62. The molecule has 22 heavy (non-hydrogen) atoms. The highest BCUT2D eigenvalue weighted by Gasteiger charge is 2.32. The van der Waals surface area contributed by atoms with Crippen LogP contribution in [0.25, 0.3) is 0 Å². The number of rotatable bonds is 3. The van der Waals surface area contributed by atoms with E-state index in [1.807, 2.05) is 43.3 Å². The van der Waals surface area contributed by atoms with E-state index >= 15 is 0 Å². The van der Waals surface area contributed by atoms with Crippen molar-refractivity contribution in [2.75, 3.05) is 18.9 Å². The zero-order chi connectivity index (χ0) is 15.7. The van der Waals surface area contributed by atoms with Gasteiger partial charge >= 0.3 is 0 Å².